The highest BCUT2D eigenvalue weighted by Crippen LogP contribution is 2.45. The summed E-state index contributed by atoms with van der Waals surface area (Å²) in [5.74, 6) is 0.939. The van der Waals surface area contributed by atoms with Gasteiger partial charge in [-0.2, -0.15) is 0 Å². The Balaban J connectivity index is 1.03. The van der Waals surface area contributed by atoms with Gasteiger partial charge in [0.15, 0.2) is 0 Å². The molecule has 0 N–H and O–H groups in total. The Kier molecular flexibility index (Phi) is 11.8. The number of aryl methyl sites for hydroxylation is 1. The molecule has 12 aromatic rings. The summed E-state index contributed by atoms with van der Waals surface area (Å²) in [6, 6.07) is 89.6. The summed E-state index contributed by atoms with van der Waals surface area (Å²) < 4.78 is 2.06. The van der Waals surface area contributed by atoms with Crippen molar-refractivity contribution in [3.8, 4) is 123 Å². The van der Waals surface area contributed by atoms with Crippen molar-refractivity contribution in [3.63, 3.8) is 0 Å². The molecule has 4 nitrogen and oxygen atoms in total. The van der Waals surface area contributed by atoms with Gasteiger partial charge in [-0.1, -0.05) is 200 Å². The van der Waals surface area contributed by atoms with Crippen LogP contribution >= 0.6 is 0 Å². The highest BCUT2D eigenvalue weighted by Gasteiger charge is 2.19. The van der Waals surface area contributed by atoms with E-state index in [2.05, 4.69) is 245 Å². The Morgan fingerprint density at radius 1 is 0.236 bits per heavy atom. The van der Waals surface area contributed by atoms with Crippen molar-refractivity contribution in [2.75, 3.05) is 0 Å². The molecule has 0 unspecified atom stereocenters. The van der Waals surface area contributed by atoms with E-state index in [-0.39, 0.29) is 0 Å². The maximum absolute atomic E-state index is 4.77. The Hall–Kier alpha value is -9.51. The molecule has 3 heterocycles. The molecule has 0 spiro atoms. The third-order valence-electron chi connectivity index (χ3n) is 13.7. The van der Waals surface area contributed by atoms with Gasteiger partial charge in [-0.05, 0) is 138 Å². The lowest BCUT2D eigenvalue weighted by Gasteiger charge is -2.19. The van der Waals surface area contributed by atoms with Crippen LogP contribution in [0.1, 0.15) is 0 Å². The summed E-state index contributed by atoms with van der Waals surface area (Å²) in [6.07, 6.45) is 7.54. The molecule has 4 heteroatoms. The highest BCUT2D eigenvalue weighted by molar-refractivity contribution is 5.97. The number of benzene rings is 9. The minimum Gasteiger partial charge on any atom is -0.334 e. The average molecular weight is 921 g/mol. The first kappa shape index (κ1) is 43.7. The minimum absolute atomic E-state index is 0.937. The SMILES string of the molecule is Cn1ccnc1-c1ccc(-c2ccccc2-c2cc(-c3ccccc3-c3ccc(-c4ccccn4)cc3)cc(-c3ccccc3-c3ccc(-c4ccccn4)cc3-c3ccc(-c4ccccc4)cc3)c2)cc1. The Labute approximate surface area is 421 Å². The summed E-state index contributed by atoms with van der Waals surface area (Å²) in [6.45, 7) is 0. The molecule has 0 aliphatic heterocycles. The van der Waals surface area contributed by atoms with Gasteiger partial charge in [-0.25, -0.2) is 4.98 Å². The molecule has 0 saturated carbocycles. The standard InChI is InChI=1S/C68H48N4/c1-72-42-41-71-68(72)53-35-31-50(32-36-53)59-18-6-8-20-61(59)56-43-55(60-19-7-5-17-58(60)49-29-33-52(34-30-49)66-23-11-13-39-69-66)44-57(45-56)62-21-9-10-22-63(62)64-38-37-54(67-24-12-14-40-70-67)46-65(64)51-27-25-48(26-28-51)47-15-3-2-4-16-47/h2-46H,1H3. The van der Waals surface area contributed by atoms with Crippen molar-refractivity contribution in [3.05, 3.63) is 274 Å². The van der Waals surface area contributed by atoms with Gasteiger partial charge in [-0.15, -0.1) is 0 Å². The molecular weight excluding hydrogens is 873 g/mol. The van der Waals surface area contributed by atoms with Crippen molar-refractivity contribution in [2.45, 2.75) is 0 Å². The maximum atomic E-state index is 4.77. The van der Waals surface area contributed by atoms with Crippen LogP contribution in [0.2, 0.25) is 0 Å². The Morgan fingerprint density at radius 3 is 1.11 bits per heavy atom. The van der Waals surface area contributed by atoms with Crippen LogP contribution < -0.4 is 0 Å². The van der Waals surface area contributed by atoms with Crippen LogP contribution in [0.5, 0.6) is 0 Å². The first-order valence-corrected chi connectivity index (χ1v) is 24.4. The third kappa shape index (κ3) is 8.74. The Bertz CT molecular complexity index is 3820. The third-order valence-corrected chi connectivity index (χ3v) is 13.7. The first-order valence-electron chi connectivity index (χ1n) is 24.4. The van der Waals surface area contributed by atoms with Crippen molar-refractivity contribution < 1.29 is 0 Å². The van der Waals surface area contributed by atoms with Gasteiger partial charge in [0.25, 0.3) is 0 Å². The molecule has 0 atom stereocenters. The minimum atomic E-state index is 0.937. The summed E-state index contributed by atoms with van der Waals surface area (Å²) >= 11 is 0. The zero-order valence-electron chi connectivity index (χ0n) is 39.8. The van der Waals surface area contributed by atoms with E-state index in [0.29, 0.717) is 0 Å². The van der Waals surface area contributed by atoms with Crippen LogP contribution in [0.4, 0.5) is 0 Å². The normalized spacial score (nSPS) is 11.1. The quantitative estimate of drug-likeness (QED) is 0.130. The van der Waals surface area contributed by atoms with Crippen LogP contribution in [-0.4, -0.2) is 19.5 Å². The smallest absolute Gasteiger partial charge is 0.139 e. The van der Waals surface area contributed by atoms with Crippen molar-refractivity contribution >= 4 is 0 Å². The van der Waals surface area contributed by atoms with E-state index in [0.717, 1.165) is 112 Å². The van der Waals surface area contributed by atoms with E-state index in [1.54, 1.807) is 0 Å². The van der Waals surface area contributed by atoms with E-state index in [1.165, 1.54) is 11.1 Å². The number of rotatable bonds is 11. The fraction of sp³-hybridized carbons (Fsp3) is 0.0147. The van der Waals surface area contributed by atoms with Crippen LogP contribution in [0, 0.1) is 0 Å². The molecule has 0 saturated heterocycles. The maximum Gasteiger partial charge on any atom is 0.139 e. The lowest BCUT2D eigenvalue weighted by atomic mass is 9.84. The fourth-order valence-corrected chi connectivity index (χ4v) is 10.0. The van der Waals surface area contributed by atoms with Gasteiger partial charge in [0, 0.05) is 48.5 Å². The fourth-order valence-electron chi connectivity index (χ4n) is 10.0. The van der Waals surface area contributed by atoms with Crippen LogP contribution in [0.3, 0.4) is 0 Å². The molecule has 12 rings (SSSR count). The topological polar surface area (TPSA) is 43.6 Å². The van der Waals surface area contributed by atoms with Crippen molar-refractivity contribution in [1.82, 2.24) is 19.5 Å². The predicted molar refractivity (Wildman–Crippen MR) is 299 cm³/mol. The lowest BCUT2D eigenvalue weighted by Crippen LogP contribution is -1.94. The summed E-state index contributed by atoms with van der Waals surface area (Å²) in [7, 11) is 2.03. The van der Waals surface area contributed by atoms with Crippen molar-refractivity contribution in [2.24, 2.45) is 7.05 Å². The van der Waals surface area contributed by atoms with Gasteiger partial charge in [0.1, 0.15) is 5.82 Å². The number of hydrogen-bond acceptors (Lipinski definition) is 3. The van der Waals surface area contributed by atoms with Crippen LogP contribution in [0.25, 0.3) is 123 Å². The summed E-state index contributed by atoms with van der Waals surface area (Å²) in [5.41, 5.74) is 23.5. The zero-order valence-corrected chi connectivity index (χ0v) is 39.8. The van der Waals surface area contributed by atoms with E-state index < -0.39 is 0 Å². The van der Waals surface area contributed by atoms with Gasteiger partial charge in [0.05, 0.1) is 11.4 Å². The number of pyridine rings is 2. The second-order valence-corrected chi connectivity index (χ2v) is 18.1. The molecule has 0 radical (unpaired) electrons. The molecule has 340 valence electrons. The molecule has 72 heavy (non-hydrogen) atoms. The van der Waals surface area contributed by atoms with E-state index >= 15 is 0 Å². The highest BCUT2D eigenvalue weighted by atomic mass is 15.0. The van der Waals surface area contributed by atoms with Gasteiger partial charge < -0.3 is 4.57 Å². The summed E-state index contributed by atoms with van der Waals surface area (Å²) in [5, 5.41) is 0. The molecule has 0 amide bonds. The van der Waals surface area contributed by atoms with Crippen LogP contribution in [-0.2, 0) is 7.05 Å². The molecule has 9 aromatic carbocycles. The van der Waals surface area contributed by atoms with E-state index in [4.69, 9.17) is 4.98 Å². The summed E-state index contributed by atoms with van der Waals surface area (Å²) in [4.78, 5) is 14.0. The van der Waals surface area contributed by atoms with Gasteiger partial charge in [-0.3, -0.25) is 9.97 Å². The van der Waals surface area contributed by atoms with Gasteiger partial charge in [0.2, 0.25) is 0 Å². The number of nitrogens with zero attached hydrogens (tertiary/aromatic N) is 4. The zero-order chi connectivity index (χ0) is 48.2. The van der Waals surface area contributed by atoms with Gasteiger partial charge >= 0.3 is 0 Å². The second-order valence-electron chi connectivity index (χ2n) is 18.1. The molecule has 0 bridgehead atoms. The number of hydrogen-bond donors (Lipinski definition) is 0. The molecule has 0 fully saturated rings. The molecular formula is C68H48N4. The molecule has 0 aliphatic carbocycles. The van der Waals surface area contributed by atoms with E-state index in [1.807, 2.05) is 50.0 Å². The Morgan fingerprint density at radius 2 is 0.611 bits per heavy atom. The van der Waals surface area contributed by atoms with Crippen LogP contribution in [0.15, 0.2) is 274 Å². The average Bonchev–Trinajstić information content (AvgIpc) is 3.91. The number of imidazole rings is 1. The van der Waals surface area contributed by atoms with Crippen molar-refractivity contribution in [1.29, 1.82) is 0 Å². The number of aromatic nitrogens is 4. The largest absolute Gasteiger partial charge is 0.334 e. The van der Waals surface area contributed by atoms with E-state index in [9.17, 15) is 0 Å². The monoisotopic (exact) mass is 920 g/mol. The first-order chi connectivity index (χ1) is 35.6. The lowest BCUT2D eigenvalue weighted by molar-refractivity contribution is 0.925. The second kappa shape index (κ2) is 19.5. The predicted octanol–water partition coefficient (Wildman–Crippen LogP) is 17.5. The molecule has 0 aliphatic rings. The molecule has 3 aromatic heterocycles.